The fourth-order valence-corrected chi connectivity index (χ4v) is 5.07. The highest BCUT2D eigenvalue weighted by Gasteiger charge is 2.17. The summed E-state index contributed by atoms with van der Waals surface area (Å²) in [7, 11) is 0. The van der Waals surface area contributed by atoms with Crippen molar-refractivity contribution in [3.8, 4) is 11.4 Å². The van der Waals surface area contributed by atoms with E-state index in [0.717, 1.165) is 30.2 Å². The number of unbranched alkanes of at least 4 members (excludes halogenated alkanes) is 5. The SMILES string of the molecule is SCCCCCCCCOc1ccccc1-n1c2ccccc2c2ccc3ccccc3c21. The molecule has 0 unspecified atom stereocenters. The van der Waals surface area contributed by atoms with E-state index in [0.29, 0.717) is 0 Å². The maximum Gasteiger partial charge on any atom is 0.143 e. The minimum Gasteiger partial charge on any atom is -0.491 e. The van der Waals surface area contributed by atoms with Gasteiger partial charge >= 0.3 is 0 Å². The highest BCUT2D eigenvalue weighted by atomic mass is 32.1. The fourth-order valence-electron chi connectivity index (χ4n) is 4.85. The fraction of sp³-hybridized carbons (Fsp3) is 0.267. The van der Waals surface area contributed by atoms with Gasteiger partial charge in [-0.1, -0.05) is 92.4 Å². The van der Waals surface area contributed by atoms with Crippen LogP contribution in [-0.2, 0) is 0 Å². The Morgan fingerprint density at radius 2 is 1.30 bits per heavy atom. The molecule has 0 aliphatic heterocycles. The van der Waals surface area contributed by atoms with Crippen LogP contribution < -0.4 is 4.74 Å². The van der Waals surface area contributed by atoms with Gasteiger partial charge in [0, 0.05) is 16.2 Å². The first-order chi connectivity index (χ1) is 16.4. The van der Waals surface area contributed by atoms with Gasteiger partial charge < -0.3 is 9.30 Å². The third kappa shape index (κ3) is 4.47. The Kier molecular flexibility index (Phi) is 6.87. The van der Waals surface area contributed by atoms with Crippen molar-refractivity contribution in [1.29, 1.82) is 0 Å². The molecule has 0 N–H and O–H groups in total. The number of benzene rings is 4. The lowest BCUT2D eigenvalue weighted by Gasteiger charge is -2.15. The van der Waals surface area contributed by atoms with Gasteiger partial charge in [0.25, 0.3) is 0 Å². The van der Waals surface area contributed by atoms with Crippen LogP contribution in [0.3, 0.4) is 0 Å². The van der Waals surface area contributed by atoms with Crippen LogP contribution in [0.15, 0.2) is 84.9 Å². The highest BCUT2D eigenvalue weighted by molar-refractivity contribution is 7.80. The first kappa shape index (κ1) is 21.9. The van der Waals surface area contributed by atoms with E-state index in [9.17, 15) is 0 Å². The minimum absolute atomic E-state index is 0.751. The van der Waals surface area contributed by atoms with Crippen molar-refractivity contribution in [2.45, 2.75) is 38.5 Å². The summed E-state index contributed by atoms with van der Waals surface area (Å²) in [5.41, 5.74) is 3.56. The monoisotopic (exact) mass is 453 g/mol. The third-order valence-corrected chi connectivity index (χ3v) is 6.79. The van der Waals surface area contributed by atoms with Crippen LogP contribution in [0, 0.1) is 0 Å². The smallest absolute Gasteiger partial charge is 0.143 e. The molecule has 4 aromatic carbocycles. The zero-order chi connectivity index (χ0) is 22.5. The number of thiol groups is 1. The van der Waals surface area contributed by atoms with E-state index < -0.39 is 0 Å². The van der Waals surface area contributed by atoms with Crippen molar-refractivity contribution in [1.82, 2.24) is 4.57 Å². The molecule has 0 radical (unpaired) electrons. The molecule has 0 spiro atoms. The summed E-state index contributed by atoms with van der Waals surface area (Å²) >= 11 is 4.30. The maximum absolute atomic E-state index is 6.37. The summed E-state index contributed by atoms with van der Waals surface area (Å²) in [5.74, 6) is 1.95. The Balaban J connectivity index is 1.50. The van der Waals surface area contributed by atoms with E-state index in [4.69, 9.17) is 4.74 Å². The Bertz CT molecular complexity index is 1370. The number of nitrogens with zero attached hydrogens (tertiary/aromatic N) is 1. The summed E-state index contributed by atoms with van der Waals surface area (Å²) in [4.78, 5) is 0. The van der Waals surface area contributed by atoms with Gasteiger partial charge in [-0.3, -0.25) is 0 Å². The Hall–Kier alpha value is -2.91. The van der Waals surface area contributed by atoms with Crippen LogP contribution in [0.1, 0.15) is 38.5 Å². The molecule has 0 saturated heterocycles. The Morgan fingerprint density at radius 3 is 2.18 bits per heavy atom. The van der Waals surface area contributed by atoms with Gasteiger partial charge in [-0.25, -0.2) is 0 Å². The van der Waals surface area contributed by atoms with Crippen molar-refractivity contribution < 1.29 is 4.74 Å². The van der Waals surface area contributed by atoms with Crippen molar-refractivity contribution in [2.24, 2.45) is 0 Å². The molecular formula is C30H31NOS. The van der Waals surface area contributed by atoms with Gasteiger partial charge in [-0.2, -0.15) is 12.6 Å². The van der Waals surface area contributed by atoms with Crippen LogP contribution in [0.4, 0.5) is 0 Å². The third-order valence-electron chi connectivity index (χ3n) is 6.48. The van der Waals surface area contributed by atoms with Crippen molar-refractivity contribution in [3.05, 3.63) is 84.9 Å². The van der Waals surface area contributed by atoms with Crippen LogP contribution >= 0.6 is 12.6 Å². The van der Waals surface area contributed by atoms with Gasteiger partial charge in [-0.05, 0) is 42.2 Å². The number of aromatic nitrogens is 1. The number of hydrogen-bond donors (Lipinski definition) is 1. The molecule has 0 aliphatic rings. The van der Waals surface area contributed by atoms with Gasteiger partial charge in [0.2, 0.25) is 0 Å². The van der Waals surface area contributed by atoms with Crippen LogP contribution in [0.5, 0.6) is 5.75 Å². The molecule has 0 saturated carbocycles. The molecule has 5 aromatic rings. The summed E-state index contributed by atoms with van der Waals surface area (Å²) < 4.78 is 8.75. The number of fused-ring (bicyclic) bond motifs is 5. The van der Waals surface area contributed by atoms with E-state index in [2.05, 4.69) is 102 Å². The molecule has 5 rings (SSSR count). The van der Waals surface area contributed by atoms with Gasteiger partial charge in [0.05, 0.1) is 23.3 Å². The molecule has 0 bridgehead atoms. The Morgan fingerprint density at radius 1 is 0.606 bits per heavy atom. The van der Waals surface area contributed by atoms with E-state index in [1.165, 1.54) is 64.7 Å². The average Bonchev–Trinajstić information content (AvgIpc) is 3.21. The maximum atomic E-state index is 6.37. The van der Waals surface area contributed by atoms with E-state index >= 15 is 0 Å². The predicted octanol–water partition coefficient (Wildman–Crippen LogP) is 8.59. The zero-order valence-corrected chi connectivity index (χ0v) is 19.9. The Labute approximate surface area is 201 Å². The molecule has 0 amide bonds. The van der Waals surface area contributed by atoms with E-state index in [1.807, 2.05) is 0 Å². The van der Waals surface area contributed by atoms with Gasteiger partial charge in [0.15, 0.2) is 0 Å². The number of rotatable bonds is 10. The van der Waals surface area contributed by atoms with Crippen LogP contribution in [-0.4, -0.2) is 16.9 Å². The summed E-state index contributed by atoms with van der Waals surface area (Å²) in [6.45, 7) is 0.751. The molecule has 0 aliphatic carbocycles. The van der Waals surface area contributed by atoms with Crippen molar-refractivity contribution in [3.63, 3.8) is 0 Å². The van der Waals surface area contributed by atoms with E-state index in [-0.39, 0.29) is 0 Å². The van der Waals surface area contributed by atoms with Gasteiger partial charge in [-0.15, -0.1) is 0 Å². The van der Waals surface area contributed by atoms with Crippen molar-refractivity contribution >= 4 is 45.2 Å². The largest absolute Gasteiger partial charge is 0.491 e. The summed E-state index contributed by atoms with van der Waals surface area (Å²) in [6.07, 6.45) is 7.39. The average molecular weight is 454 g/mol. The van der Waals surface area contributed by atoms with E-state index in [1.54, 1.807) is 0 Å². The highest BCUT2D eigenvalue weighted by Crippen LogP contribution is 2.38. The quantitative estimate of drug-likeness (QED) is 0.165. The van der Waals surface area contributed by atoms with Gasteiger partial charge in [0.1, 0.15) is 5.75 Å². The molecular weight excluding hydrogens is 422 g/mol. The standard InChI is InChI=1S/C30H31NOS/c33-22-12-4-2-1-3-11-21-32-29-18-10-9-17-28(29)31-27-16-8-7-15-25(27)26-20-19-23-13-5-6-14-24(23)30(26)31/h5-10,13-20,33H,1-4,11-12,21-22H2. The zero-order valence-electron chi connectivity index (χ0n) is 19.0. The first-order valence-electron chi connectivity index (χ1n) is 12.1. The normalized spacial score (nSPS) is 11.5. The molecule has 3 heteroatoms. The molecule has 1 heterocycles. The molecule has 168 valence electrons. The summed E-state index contributed by atoms with van der Waals surface area (Å²) in [6, 6.07) is 30.3. The second kappa shape index (κ2) is 10.4. The second-order valence-corrected chi connectivity index (χ2v) is 9.14. The number of para-hydroxylation sites is 3. The molecule has 1 aromatic heterocycles. The number of ether oxygens (including phenoxy) is 1. The molecule has 2 nitrogen and oxygen atoms in total. The van der Waals surface area contributed by atoms with Crippen LogP contribution in [0.25, 0.3) is 38.3 Å². The minimum atomic E-state index is 0.751. The molecule has 0 fully saturated rings. The first-order valence-corrected chi connectivity index (χ1v) is 12.8. The lowest BCUT2D eigenvalue weighted by molar-refractivity contribution is 0.304. The van der Waals surface area contributed by atoms with Crippen molar-refractivity contribution in [2.75, 3.05) is 12.4 Å². The topological polar surface area (TPSA) is 14.2 Å². The second-order valence-electron chi connectivity index (χ2n) is 8.70. The number of hydrogen-bond acceptors (Lipinski definition) is 2. The lowest BCUT2D eigenvalue weighted by atomic mass is 10.1. The molecule has 0 atom stereocenters. The lowest BCUT2D eigenvalue weighted by Crippen LogP contribution is -2.03. The van der Waals surface area contributed by atoms with Crippen LogP contribution in [0.2, 0.25) is 0 Å². The predicted molar refractivity (Wildman–Crippen MR) is 145 cm³/mol. The molecule has 33 heavy (non-hydrogen) atoms. The summed E-state index contributed by atoms with van der Waals surface area (Å²) in [5, 5.41) is 5.07.